The molecule has 2 aliphatic rings. The molecule has 1 aromatic carbocycles. The van der Waals surface area contributed by atoms with E-state index in [2.05, 4.69) is 9.88 Å². The average Bonchev–Trinajstić information content (AvgIpc) is 3.13. The zero-order valence-corrected chi connectivity index (χ0v) is 11.8. The number of hydrogen-bond acceptors (Lipinski definition) is 5. The van der Waals surface area contributed by atoms with Crippen LogP contribution in [0.15, 0.2) is 28.7 Å². The second kappa shape index (κ2) is 4.46. The van der Waals surface area contributed by atoms with Crippen LogP contribution >= 0.6 is 0 Å². The van der Waals surface area contributed by atoms with E-state index in [1.54, 1.807) is 0 Å². The summed E-state index contributed by atoms with van der Waals surface area (Å²) in [4.78, 5) is 20.7. The smallest absolute Gasteiger partial charge is 0.298 e. The highest BCUT2D eigenvalue weighted by molar-refractivity contribution is 5.89. The van der Waals surface area contributed by atoms with Crippen molar-refractivity contribution in [2.45, 2.75) is 18.4 Å². The van der Waals surface area contributed by atoms with Gasteiger partial charge in [0.05, 0.1) is 5.54 Å². The highest BCUT2D eigenvalue weighted by Crippen LogP contribution is 2.34. The predicted molar refractivity (Wildman–Crippen MR) is 79.0 cm³/mol. The van der Waals surface area contributed by atoms with Gasteiger partial charge in [0, 0.05) is 26.2 Å². The Kier molecular flexibility index (Phi) is 2.68. The summed E-state index contributed by atoms with van der Waals surface area (Å²) in [7, 11) is 0. The minimum absolute atomic E-state index is 0.0970. The van der Waals surface area contributed by atoms with Crippen molar-refractivity contribution < 1.29 is 9.21 Å². The van der Waals surface area contributed by atoms with Crippen molar-refractivity contribution >= 4 is 23.0 Å². The Morgan fingerprint density at radius 1 is 1.19 bits per heavy atom. The number of carbonyl (C=O) groups is 1. The van der Waals surface area contributed by atoms with Gasteiger partial charge in [0.2, 0.25) is 5.91 Å². The lowest BCUT2D eigenvalue weighted by molar-refractivity contribution is -0.133. The van der Waals surface area contributed by atoms with Crippen LogP contribution in [0.2, 0.25) is 0 Å². The third-order valence-corrected chi connectivity index (χ3v) is 4.33. The average molecular weight is 286 g/mol. The molecule has 2 fully saturated rings. The van der Waals surface area contributed by atoms with Gasteiger partial charge in [0.15, 0.2) is 5.58 Å². The molecule has 0 spiro atoms. The molecule has 1 aliphatic heterocycles. The van der Waals surface area contributed by atoms with Crippen LogP contribution in [0.25, 0.3) is 11.1 Å². The largest absolute Gasteiger partial charge is 0.423 e. The van der Waals surface area contributed by atoms with Crippen LogP contribution < -0.4 is 10.6 Å². The minimum atomic E-state index is -0.570. The Bertz CT molecular complexity index is 651. The zero-order chi connectivity index (χ0) is 14.4. The quantitative estimate of drug-likeness (QED) is 0.890. The molecule has 1 amide bonds. The molecule has 2 N–H and O–H groups in total. The number of nitrogens with two attached hydrogens (primary N) is 1. The van der Waals surface area contributed by atoms with Crippen LogP contribution in [0.4, 0.5) is 6.01 Å². The van der Waals surface area contributed by atoms with Crippen molar-refractivity contribution in [2.75, 3.05) is 31.1 Å². The summed E-state index contributed by atoms with van der Waals surface area (Å²) in [5, 5.41) is 0. The number of para-hydroxylation sites is 2. The van der Waals surface area contributed by atoms with Crippen LogP contribution in [-0.4, -0.2) is 47.5 Å². The van der Waals surface area contributed by atoms with E-state index in [1.165, 1.54) is 0 Å². The number of benzene rings is 1. The van der Waals surface area contributed by atoms with Gasteiger partial charge >= 0.3 is 0 Å². The number of aromatic nitrogens is 1. The first-order chi connectivity index (χ1) is 10.2. The van der Waals surface area contributed by atoms with Crippen LogP contribution in [0.1, 0.15) is 12.8 Å². The maximum Gasteiger partial charge on any atom is 0.298 e. The van der Waals surface area contributed by atoms with Gasteiger partial charge in [-0.2, -0.15) is 4.98 Å². The fraction of sp³-hybridized carbons (Fsp3) is 0.467. The summed E-state index contributed by atoms with van der Waals surface area (Å²) in [6.45, 7) is 2.82. The van der Waals surface area contributed by atoms with Gasteiger partial charge in [0.25, 0.3) is 6.01 Å². The molecular formula is C15H18N4O2. The van der Waals surface area contributed by atoms with Crippen molar-refractivity contribution in [3.05, 3.63) is 24.3 Å². The van der Waals surface area contributed by atoms with Crippen molar-refractivity contribution in [3.8, 4) is 0 Å². The van der Waals surface area contributed by atoms with Crippen LogP contribution in [0.3, 0.4) is 0 Å². The summed E-state index contributed by atoms with van der Waals surface area (Å²) in [6, 6.07) is 8.37. The van der Waals surface area contributed by atoms with Crippen molar-refractivity contribution in [3.63, 3.8) is 0 Å². The summed E-state index contributed by atoms with van der Waals surface area (Å²) in [5.74, 6) is 0.0970. The number of oxazole rings is 1. The topological polar surface area (TPSA) is 75.6 Å². The van der Waals surface area contributed by atoms with E-state index < -0.39 is 5.54 Å². The Balaban J connectivity index is 1.46. The summed E-state index contributed by atoms with van der Waals surface area (Å²) < 4.78 is 5.77. The van der Waals surface area contributed by atoms with Gasteiger partial charge in [-0.25, -0.2) is 0 Å². The number of carbonyl (C=O) groups excluding carboxylic acids is 1. The van der Waals surface area contributed by atoms with Crippen molar-refractivity contribution in [1.29, 1.82) is 0 Å². The van der Waals surface area contributed by atoms with Crippen molar-refractivity contribution in [1.82, 2.24) is 9.88 Å². The second-order valence-electron chi connectivity index (χ2n) is 5.90. The molecule has 1 saturated carbocycles. The van der Waals surface area contributed by atoms with E-state index >= 15 is 0 Å². The normalized spacial score (nSPS) is 20.8. The molecule has 0 radical (unpaired) electrons. The van der Waals surface area contributed by atoms with Gasteiger partial charge in [0.1, 0.15) is 5.52 Å². The summed E-state index contributed by atoms with van der Waals surface area (Å²) >= 11 is 0. The first kappa shape index (κ1) is 12.6. The lowest BCUT2D eigenvalue weighted by Crippen LogP contribution is -2.54. The maximum absolute atomic E-state index is 12.2. The lowest BCUT2D eigenvalue weighted by Gasteiger charge is -2.35. The van der Waals surface area contributed by atoms with E-state index in [0.717, 1.165) is 37.0 Å². The maximum atomic E-state index is 12.2. The first-order valence-electron chi connectivity index (χ1n) is 7.34. The highest BCUT2D eigenvalue weighted by Gasteiger charge is 2.48. The molecule has 0 atom stereocenters. The molecule has 21 heavy (non-hydrogen) atoms. The van der Waals surface area contributed by atoms with Crippen LogP contribution in [-0.2, 0) is 4.79 Å². The molecule has 2 aromatic rings. The monoisotopic (exact) mass is 286 g/mol. The van der Waals surface area contributed by atoms with E-state index in [1.807, 2.05) is 29.2 Å². The Labute approximate surface area is 122 Å². The highest BCUT2D eigenvalue weighted by atomic mass is 16.4. The molecule has 2 heterocycles. The molecule has 110 valence electrons. The Morgan fingerprint density at radius 2 is 1.90 bits per heavy atom. The summed E-state index contributed by atoms with van der Waals surface area (Å²) in [6.07, 6.45) is 1.63. The molecule has 0 unspecified atom stereocenters. The summed E-state index contributed by atoms with van der Waals surface area (Å²) in [5.41, 5.74) is 7.07. The first-order valence-corrected chi connectivity index (χ1v) is 7.34. The molecule has 1 aromatic heterocycles. The van der Waals surface area contributed by atoms with E-state index in [-0.39, 0.29) is 5.91 Å². The predicted octanol–water partition coefficient (Wildman–Crippen LogP) is 0.968. The molecule has 6 heteroatoms. The minimum Gasteiger partial charge on any atom is -0.423 e. The van der Waals surface area contributed by atoms with Gasteiger partial charge in [-0.1, -0.05) is 12.1 Å². The fourth-order valence-electron chi connectivity index (χ4n) is 2.76. The van der Waals surface area contributed by atoms with Gasteiger partial charge in [-0.15, -0.1) is 0 Å². The van der Waals surface area contributed by atoms with Crippen LogP contribution in [0, 0.1) is 0 Å². The lowest BCUT2D eigenvalue weighted by atomic mass is 10.2. The number of nitrogens with zero attached hydrogens (tertiary/aromatic N) is 3. The van der Waals surface area contributed by atoms with Gasteiger partial charge < -0.3 is 20.0 Å². The molecule has 1 saturated heterocycles. The van der Waals surface area contributed by atoms with Gasteiger partial charge in [-0.05, 0) is 25.0 Å². The van der Waals surface area contributed by atoms with Crippen LogP contribution in [0.5, 0.6) is 0 Å². The standard InChI is InChI=1S/C15H18N4O2/c16-15(5-6-15)13(20)18-7-9-19(10-8-18)14-17-11-3-1-2-4-12(11)21-14/h1-4H,5-10,16H2. The number of rotatable bonds is 2. The molecule has 4 rings (SSSR count). The SMILES string of the molecule is NC1(C(=O)N2CCN(c3nc4ccccc4o3)CC2)CC1. The third-order valence-electron chi connectivity index (χ3n) is 4.33. The molecule has 0 bridgehead atoms. The second-order valence-corrected chi connectivity index (χ2v) is 5.90. The zero-order valence-electron chi connectivity index (χ0n) is 11.8. The number of amides is 1. The van der Waals surface area contributed by atoms with Gasteiger partial charge in [-0.3, -0.25) is 4.79 Å². The fourth-order valence-corrected chi connectivity index (χ4v) is 2.76. The number of anilines is 1. The Morgan fingerprint density at radius 3 is 2.57 bits per heavy atom. The molecule has 1 aliphatic carbocycles. The number of fused-ring (bicyclic) bond motifs is 1. The molecular weight excluding hydrogens is 268 g/mol. The number of hydrogen-bond donors (Lipinski definition) is 1. The van der Waals surface area contributed by atoms with E-state index in [9.17, 15) is 4.79 Å². The van der Waals surface area contributed by atoms with E-state index in [0.29, 0.717) is 19.1 Å². The third kappa shape index (κ3) is 2.15. The number of piperazine rings is 1. The molecule has 6 nitrogen and oxygen atoms in total. The van der Waals surface area contributed by atoms with Crippen molar-refractivity contribution in [2.24, 2.45) is 5.73 Å². The van der Waals surface area contributed by atoms with E-state index in [4.69, 9.17) is 10.2 Å². The Hall–Kier alpha value is -2.08.